The third-order valence-corrected chi connectivity index (χ3v) is 3.09. The Balaban J connectivity index is 2.25. The van der Waals surface area contributed by atoms with E-state index < -0.39 is 17.4 Å². The zero-order chi connectivity index (χ0) is 11.9. The van der Waals surface area contributed by atoms with Gasteiger partial charge in [-0.3, -0.25) is 4.55 Å². The lowest BCUT2D eigenvalue weighted by atomic mass is 10.0. The normalized spacial score (nSPS) is 30.7. The highest BCUT2D eigenvalue weighted by molar-refractivity contribution is 7.74. The van der Waals surface area contributed by atoms with Crippen LogP contribution in [-0.4, -0.2) is 55.1 Å². The number of amides is 2. The van der Waals surface area contributed by atoms with E-state index in [0.29, 0.717) is 6.54 Å². The predicted octanol–water partition coefficient (Wildman–Crippen LogP) is -0.518. The third kappa shape index (κ3) is 1.73. The van der Waals surface area contributed by atoms with Crippen LogP contribution in [0.4, 0.5) is 4.79 Å². The molecule has 3 atom stereocenters. The molecule has 0 saturated carbocycles. The number of rotatable bonds is 3. The molecule has 3 unspecified atom stereocenters. The molecule has 2 bridgehead atoms. The van der Waals surface area contributed by atoms with Crippen LogP contribution in [0.2, 0.25) is 0 Å². The summed E-state index contributed by atoms with van der Waals surface area (Å²) >= 11 is -2.52. The molecule has 7 nitrogen and oxygen atoms in total. The number of fused-ring (bicyclic) bond motifs is 2. The Bertz CT molecular complexity index is 371. The molecule has 0 aliphatic carbocycles. The summed E-state index contributed by atoms with van der Waals surface area (Å²) in [6, 6.07) is -1.24. The lowest BCUT2D eigenvalue weighted by Gasteiger charge is -2.26. The first-order valence-electron chi connectivity index (χ1n) is 4.73. The van der Waals surface area contributed by atoms with Crippen molar-refractivity contribution in [2.45, 2.75) is 19.0 Å². The minimum atomic E-state index is -2.52. The molecule has 2 amide bonds. The zero-order valence-corrected chi connectivity index (χ0v) is 9.38. The molecule has 1 fully saturated rings. The first-order chi connectivity index (χ1) is 7.54. The van der Waals surface area contributed by atoms with Crippen LogP contribution in [0.25, 0.3) is 0 Å². The molecule has 0 aromatic rings. The molecule has 1 saturated heterocycles. The van der Waals surface area contributed by atoms with Crippen molar-refractivity contribution in [2.24, 2.45) is 0 Å². The fourth-order valence-electron chi connectivity index (χ4n) is 2.01. The van der Waals surface area contributed by atoms with E-state index in [2.05, 4.69) is 4.28 Å². The highest BCUT2D eigenvalue weighted by atomic mass is 32.2. The van der Waals surface area contributed by atoms with Crippen molar-refractivity contribution in [1.29, 1.82) is 0 Å². The number of nitrogens with zero attached hydrogens (tertiary/aromatic N) is 2. The van der Waals surface area contributed by atoms with Crippen LogP contribution in [0, 0.1) is 0 Å². The molecule has 0 radical (unpaired) electrons. The minimum Gasteiger partial charge on any atom is -0.394 e. The topological polar surface area (TPSA) is 90.3 Å². The summed E-state index contributed by atoms with van der Waals surface area (Å²) in [5.41, 5.74) is 0.839. The lowest BCUT2D eigenvalue weighted by molar-refractivity contribution is -0.0121. The maximum absolute atomic E-state index is 11.8. The van der Waals surface area contributed by atoms with Crippen LogP contribution >= 0.6 is 0 Å². The predicted molar refractivity (Wildman–Crippen MR) is 54.2 cm³/mol. The van der Waals surface area contributed by atoms with Crippen LogP contribution in [0.15, 0.2) is 11.6 Å². The van der Waals surface area contributed by atoms with Gasteiger partial charge in [0, 0.05) is 0 Å². The van der Waals surface area contributed by atoms with Crippen molar-refractivity contribution in [3.8, 4) is 0 Å². The standard InChI is InChI=1S/C8H12N2O5S/c1-5-2-6(4-11)9-3-7(5)10(8(9)12)15-16(13)14/h2,6-7,11H,3-4H2,1H3,(H,13,14). The number of hydrogen-bond acceptors (Lipinski definition) is 4. The van der Waals surface area contributed by atoms with Crippen LogP contribution in [-0.2, 0) is 15.6 Å². The number of carbonyl (C=O) groups excluding carboxylic acids is 1. The van der Waals surface area contributed by atoms with E-state index in [9.17, 15) is 9.00 Å². The first kappa shape index (κ1) is 11.5. The average Bonchev–Trinajstić information content (AvgIpc) is 2.49. The van der Waals surface area contributed by atoms with Crippen LogP contribution in [0.3, 0.4) is 0 Å². The van der Waals surface area contributed by atoms with Gasteiger partial charge in [0.25, 0.3) is 0 Å². The smallest absolute Gasteiger partial charge is 0.346 e. The van der Waals surface area contributed by atoms with E-state index in [-0.39, 0.29) is 18.7 Å². The van der Waals surface area contributed by atoms with Gasteiger partial charge in [-0.05, 0) is 12.5 Å². The molecule has 0 aromatic carbocycles. The lowest BCUT2D eigenvalue weighted by Crippen LogP contribution is -2.40. The Morgan fingerprint density at radius 2 is 2.38 bits per heavy atom. The van der Waals surface area contributed by atoms with Gasteiger partial charge < -0.3 is 10.0 Å². The van der Waals surface area contributed by atoms with E-state index in [4.69, 9.17) is 9.66 Å². The number of aliphatic hydroxyl groups excluding tert-OH is 1. The van der Waals surface area contributed by atoms with Crippen LogP contribution in [0.1, 0.15) is 6.92 Å². The summed E-state index contributed by atoms with van der Waals surface area (Å²) in [4.78, 5) is 13.2. The second-order valence-corrected chi connectivity index (χ2v) is 4.31. The van der Waals surface area contributed by atoms with E-state index in [1.807, 2.05) is 0 Å². The fourth-order valence-corrected chi connectivity index (χ4v) is 2.32. The molecule has 2 heterocycles. The molecule has 2 rings (SSSR count). The monoisotopic (exact) mass is 248 g/mol. The Morgan fingerprint density at radius 3 is 2.94 bits per heavy atom. The van der Waals surface area contributed by atoms with E-state index in [1.54, 1.807) is 13.0 Å². The Labute approximate surface area is 94.7 Å². The number of urea groups is 1. The maximum atomic E-state index is 11.8. The van der Waals surface area contributed by atoms with E-state index >= 15 is 0 Å². The summed E-state index contributed by atoms with van der Waals surface area (Å²) in [6.45, 7) is 1.98. The molecule has 2 N–H and O–H groups in total. The quantitative estimate of drug-likeness (QED) is 0.518. The summed E-state index contributed by atoms with van der Waals surface area (Å²) in [7, 11) is 0. The Kier molecular flexibility index (Phi) is 2.98. The largest absolute Gasteiger partial charge is 0.394 e. The van der Waals surface area contributed by atoms with Gasteiger partial charge in [0.15, 0.2) is 0 Å². The second kappa shape index (κ2) is 4.13. The molecule has 2 aliphatic rings. The summed E-state index contributed by atoms with van der Waals surface area (Å²) in [5, 5.41) is 9.99. The van der Waals surface area contributed by atoms with Gasteiger partial charge >= 0.3 is 17.4 Å². The average molecular weight is 248 g/mol. The molecule has 0 spiro atoms. The highest BCUT2D eigenvalue weighted by Gasteiger charge is 2.46. The molecule has 90 valence electrons. The van der Waals surface area contributed by atoms with E-state index in [1.165, 1.54) is 4.90 Å². The van der Waals surface area contributed by atoms with Gasteiger partial charge in [-0.25, -0.2) is 4.79 Å². The second-order valence-electron chi connectivity index (χ2n) is 3.73. The van der Waals surface area contributed by atoms with Gasteiger partial charge in [-0.2, -0.15) is 9.27 Å². The van der Waals surface area contributed by atoms with Gasteiger partial charge in [-0.15, -0.1) is 4.28 Å². The molecule has 8 heteroatoms. The van der Waals surface area contributed by atoms with Crippen molar-refractivity contribution in [2.75, 3.05) is 13.2 Å². The van der Waals surface area contributed by atoms with Crippen molar-refractivity contribution >= 4 is 17.4 Å². The summed E-state index contributed by atoms with van der Waals surface area (Å²) in [6.07, 6.45) is 1.76. The molecular weight excluding hydrogens is 236 g/mol. The van der Waals surface area contributed by atoms with Crippen LogP contribution in [0.5, 0.6) is 0 Å². The minimum absolute atomic E-state index is 0.175. The Morgan fingerprint density at radius 1 is 1.69 bits per heavy atom. The number of hydrogen-bond donors (Lipinski definition) is 2. The van der Waals surface area contributed by atoms with Gasteiger partial charge in [0.05, 0.1) is 19.2 Å². The van der Waals surface area contributed by atoms with Crippen molar-refractivity contribution in [3.05, 3.63) is 11.6 Å². The maximum Gasteiger partial charge on any atom is 0.346 e. The van der Waals surface area contributed by atoms with Crippen molar-refractivity contribution in [1.82, 2.24) is 9.96 Å². The Hall–Kier alpha value is -0.960. The van der Waals surface area contributed by atoms with Crippen molar-refractivity contribution < 1.29 is 22.9 Å². The SMILES string of the molecule is CC1=CC(CO)N2CC1N(OS(=O)O)C2=O. The number of aliphatic hydroxyl groups is 1. The zero-order valence-electron chi connectivity index (χ0n) is 8.57. The van der Waals surface area contributed by atoms with Crippen molar-refractivity contribution in [3.63, 3.8) is 0 Å². The van der Waals surface area contributed by atoms with Crippen LogP contribution < -0.4 is 0 Å². The molecular formula is C8H12N2O5S. The van der Waals surface area contributed by atoms with Gasteiger partial charge in [0.2, 0.25) is 0 Å². The molecule has 2 aliphatic heterocycles. The third-order valence-electron chi connectivity index (χ3n) is 2.80. The highest BCUT2D eigenvalue weighted by Crippen LogP contribution is 2.29. The van der Waals surface area contributed by atoms with Gasteiger partial charge in [-0.1, -0.05) is 6.08 Å². The summed E-state index contributed by atoms with van der Waals surface area (Å²) < 4.78 is 23.7. The van der Waals surface area contributed by atoms with Gasteiger partial charge in [0.1, 0.15) is 6.04 Å². The fraction of sp³-hybridized carbons (Fsp3) is 0.625. The number of carbonyl (C=O) groups is 1. The summed E-state index contributed by atoms with van der Waals surface area (Å²) in [5.74, 6) is 0. The van der Waals surface area contributed by atoms with E-state index in [0.717, 1.165) is 10.6 Å². The first-order valence-corrected chi connectivity index (χ1v) is 5.76. The molecule has 16 heavy (non-hydrogen) atoms. The molecule has 0 aromatic heterocycles. The number of hydroxylamine groups is 2.